The van der Waals surface area contributed by atoms with Gasteiger partial charge in [-0.25, -0.2) is 0 Å². The van der Waals surface area contributed by atoms with Crippen LogP contribution in [0.2, 0.25) is 0 Å². The van der Waals surface area contributed by atoms with E-state index in [4.69, 9.17) is 0 Å². The van der Waals surface area contributed by atoms with Gasteiger partial charge in [-0.3, -0.25) is 4.68 Å². The van der Waals surface area contributed by atoms with Gasteiger partial charge in [0.25, 0.3) is 0 Å². The zero-order chi connectivity index (χ0) is 13.9. The Hall–Kier alpha value is -1.18. The van der Waals surface area contributed by atoms with E-state index < -0.39 is 25.1 Å². The Morgan fingerprint density at radius 3 is 2.33 bits per heavy atom. The molecule has 104 valence electrons. The molecule has 0 N–H and O–H groups in total. The molecular weight excluding hydrogens is 259 g/mol. The van der Waals surface area contributed by atoms with Crippen molar-refractivity contribution in [3.8, 4) is 0 Å². The number of aromatic nitrogens is 2. The highest BCUT2D eigenvalue weighted by Gasteiger charge is 2.37. The quantitative estimate of drug-likeness (QED) is 0.769. The summed E-state index contributed by atoms with van der Waals surface area (Å²) in [6.45, 7) is -0.278. The van der Waals surface area contributed by atoms with Gasteiger partial charge in [-0.1, -0.05) is 13.8 Å². The van der Waals surface area contributed by atoms with Crippen molar-refractivity contribution in [3.05, 3.63) is 17.5 Å². The van der Waals surface area contributed by atoms with E-state index in [1.807, 2.05) is 0 Å². The van der Waals surface area contributed by atoms with Crippen molar-refractivity contribution in [1.29, 1.82) is 0 Å². The summed E-state index contributed by atoms with van der Waals surface area (Å²) in [7, 11) is 0. The van der Waals surface area contributed by atoms with Crippen molar-refractivity contribution in [2.24, 2.45) is 0 Å². The Labute approximate surface area is 101 Å². The first kappa shape index (κ1) is 14.9. The highest BCUT2D eigenvalue weighted by atomic mass is 19.4. The number of halogens is 5. The molecule has 1 rings (SSSR count). The highest BCUT2D eigenvalue weighted by Crippen LogP contribution is 2.33. The molecule has 0 aliphatic rings. The van der Waals surface area contributed by atoms with Crippen molar-refractivity contribution >= 4 is 0 Å². The highest BCUT2D eigenvalue weighted by molar-refractivity contribution is 5.23. The van der Waals surface area contributed by atoms with Crippen LogP contribution in [0.3, 0.4) is 0 Å². The topological polar surface area (TPSA) is 27.1 Å². The molecular formula is C10H13F5N2O. The van der Waals surface area contributed by atoms with Crippen molar-refractivity contribution in [2.45, 2.75) is 39.1 Å². The molecule has 0 saturated heterocycles. The minimum absolute atomic E-state index is 0.0412. The number of rotatable bonds is 5. The van der Waals surface area contributed by atoms with Crippen LogP contribution in [-0.2, 0) is 17.5 Å². The fraction of sp³-hybridized carbons (Fsp3) is 0.700. The molecule has 1 aromatic heterocycles. The summed E-state index contributed by atoms with van der Waals surface area (Å²) in [6, 6.07) is 0. The summed E-state index contributed by atoms with van der Waals surface area (Å²) in [5.41, 5.74) is -0.936. The average Bonchev–Trinajstić information content (AvgIpc) is 2.60. The summed E-state index contributed by atoms with van der Waals surface area (Å²) in [6.07, 6.45) is -3.34. The van der Waals surface area contributed by atoms with Crippen LogP contribution in [0.4, 0.5) is 22.0 Å². The third kappa shape index (κ3) is 3.94. The normalized spacial score (nSPS) is 12.7. The average molecular weight is 272 g/mol. The van der Waals surface area contributed by atoms with Crippen molar-refractivity contribution in [3.63, 3.8) is 0 Å². The van der Waals surface area contributed by atoms with Gasteiger partial charge in [0.05, 0.1) is 13.2 Å². The molecule has 8 heteroatoms. The molecule has 0 fully saturated rings. The van der Waals surface area contributed by atoms with Crippen LogP contribution in [-0.4, -0.2) is 23.0 Å². The summed E-state index contributed by atoms with van der Waals surface area (Å²) < 4.78 is 66.3. The second kappa shape index (κ2) is 5.64. The SMILES string of the molecule is CC(C)c1cn(CCOC(F)F)nc1C(F)(F)F. The van der Waals surface area contributed by atoms with Gasteiger partial charge < -0.3 is 4.74 Å². The van der Waals surface area contributed by atoms with Crippen molar-refractivity contribution in [2.75, 3.05) is 6.61 Å². The van der Waals surface area contributed by atoms with Gasteiger partial charge in [-0.15, -0.1) is 0 Å². The molecule has 18 heavy (non-hydrogen) atoms. The van der Waals surface area contributed by atoms with E-state index in [1.54, 1.807) is 13.8 Å². The molecule has 1 heterocycles. The molecule has 0 saturated carbocycles. The first-order valence-corrected chi connectivity index (χ1v) is 5.26. The molecule has 0 spiro atoms. The molecule has 1 aromatic rings. The van der Waals surface area contributed by atoms with Crippen LogP contribution in [0.1, 0.15) is 31.0 Å². The van der Waals surface area contributed by atoms with Gasteiger partial charge >= 0.3 is 12.8 Å². The second-order valence-corrected chi connectivity index (χ2v) is 3.98. The fourth-order valence-corrected chi connectivity index (χ4v) is 1.43. The maximum atomic E-state index is 12.6. The van der Waals surface area contributed by atoms with Crippen LogP contribution in [0.25, 0.3) is 0 Å². The Kier molecular flexibility index (Phi) is 4.66. The Morgan fingerprint density at radius 2 is 1.94 bits per heavy atom. The van der Waals surface area contributed by atoms with E-state index in [9.17, 15) is 22.0 Å². The third-order valence-corrected chi connectivity index (χ3v) is 2.24. The molecule has 0 aromatic carbocycles. The maximum absolute atomic E-state index is 12.6. The van der Waals surface area contributed by atoms with Crippen LogP contribution < -0.4 is 0 Å². The predicted octanol–water partition coefficient (Wildman–Crippen LogP) is 3.26. The maximum Gasteiger partial charge on any atom is 0.435 e. The van der Waals surface area contributed by atoms with Crippen LogP contribution in [0.15, 0.2) is 6.20 Å². The van der Waals surface area contributed by atoms with Gasteiger partial charge in [-0.05, 0) is 5.92 Å². The Balaban J connectivity index is 2.83. The lowest BCUT2D eigenvalue weighted by Crippen LogP contribution is -2.12. The molecule has 0 aliphatic carbocycles. The summed E-state index contributed by atoms with van der Waals surface area (Å²) in [5, 5.41) is 3.37. The molecule has 3 nitrogen and oxygen atoms in total. The molecule has 0 unspecified atom stereocenters. The summed E-state index contributed by atoms with van der Waals surface area (Å²) >= 11 is 0. The smallest absolute Gasteiger partial charge is 0.321 e. The zero-order valence-electron chi connectivity index (χ0n) is 9.84. The number of ether oxygens (including phenoxy) is 1. The molecule has 0 radical (unpaired) electrons. The van der Waals surface area contributed by atoms with Crippen molar-refractivity contribution in [1.82, 2.24) is 9.78 Å². The first-order chi connectivity index (χ1) is 8.21. The van der Waals surface area contributed by atoms with E-state index in [-0.39, 0.29) is 18.0 Å². The standard InChI is InChI=1S/C10H13F5N2O/c1-6(2)7-5-17(3-4-18-9(11)12)16-8(7)10(13,14)15/h5-6,9H,3-4H2,1-2H3. The number of alkyl halides is 5. The lowest BCUT2D eigenvalue weighted by Gasteiger charge is -2.07. The first-order valence-electron chi connectivity index (χ1n) is 5.26. The molecule has 0 bridgehead atoms. The summed E-state index contributed by atoms with van der Waals surface area (Å²) in [4.78, 5) is 0. The second-order valence-electron chi connectivity index (χ2n) is 3.98. The van der Waals surface area contributed by atoms with Gasteiger partial charge in [0.15, 0.2) is 5.69 Å². The summed E-state index contributed by atoms with van der Waals surface area (Å²) in [5.74, 6) is -0.355. The molecule has 0 amide bonds. The fourth-order valence-electron chi connectivity index (χ4n) is 1.43. The molecule has 0 atom stereocenters. The van der Waals surface area contributed by atoms with Crippen LogP contribution >= 0.6 is 0 Å². The van der Waals surface area contributed by atoms with E-state index in [2.05, 4.69) is 9.84 Å². The third-order valence-electron chi connectivity index (χ3n) is 2.24. The minimum atomic E-state index is -4.55. The van der Waals surface area contributed by atoms with E-state index >= 15 is 0 Å². The van der Waals surface area contributed by atoms with Crippen LogP contribution in [0, 0.1) is 0 Å². The van der Waals surface area contributed by atoms with E-state index in [0.29, 0.717) is 0 Å². The van der Waals surface area contributed by atoms with Crippen molar-refractivity contribution < 1.29 is 26.7 Å². The van der Waals surface area contributed by atoms with Gasteiger partial charge in [0, 0.05) is 11.8 Å². The van der Waals surface area contributed by atoms with Gasteiger partial charge in [-0.2, -0.15) is 27.1 Å². The largest absolute Gasteiger partial charge is 0.435 e. The van der Waals surface area contributed by atoms with E-state index in [0.717, 1.165) is 4.68 Å². The number of hydrogen-bond acceptors (Lipinski definition) is 2. The minimum Gasteiger partial charge on any atom is -0.321 e. The van der Waals surface area contributed by atoms with Gasteiger partial charge in [0.2, 0.25) is 0 Å². The predicted molar refractivity (Wildman–Crippen MR) is 53.3 cm³/mol. The zero-order valence-corrected chi connectivity index (χ0v) is 9.84. The lowest BCUT2D eigenvalue weighted by atomic mass is 10.0. The Morgan fingerprint density at radius 1 is 1.33 bits per heavy atom. The van der Waals surface area contributed by atoms with Crippen LogP contribution in [0.5, 0.6) is 0 Å². The Bertz CT molecular complexity index is 386. The van der Waals surface area contributed by atoms with E-state index in [1.165, 1.54) is 6.20 Å². The monoisotopic (exact) mass is 272 g/mol. The number of nitrogens with zero attached hydrogens (tertiary/aromatic N) is 2. The lowest BCUT2D eigenvalue weighted by molar-refractivity contribution is -0.143. The molecule has 0 aliphatic heterocycles. The number of hydrogen-bond donors (Lipinski definition) is 0. The van der Waals surface area contributed by atoms with Gasteiger partial charge in [0.1, 0.15) is 0 Å².